The van der Waals surface area contributed by atoms with Crippen LogP contribution in [-0.4, -0.2) is 44.8 Å². The minimum Gasteiger partial charge on any atom is -0.369 e. The molecule has 3 heterocycles. The molecule has 2 aromatic heterocycles. The Morgan fingerprint density at radius 1 is 1.08 bits per heavy atom. The molecule has 9 heteroatoms. The fraction of sp³-hybridized carbons (Fsp3) is 0.296. The van der Waals surface area contributed by atoms with Gasteiger partial charge in [0.1, 0.15) is 5.82 Å². The van der Waals surface area contributed by atoms with E-state index < -0.39 is 11.4 Å². The molecule has 0 unspecified atom stereocenters. The van der Waals surface area contributed by atoms with Crippen molar-refractivity contribution in [2.45, 2.75) is 33.6 Å². The van der Waals surface area contributed by atoms with Gasteiger partial charge in [0, 0.05) is 36.5 Å². The third kappa shape index (κ3) is 5.66. The summed E-state index contributed by atoms with van der Waals surface area (Å²) in [4.78, 5) is 38.9. The van der Waals surface area contributed by atoms with E-state index in [4.69, 9.17) is 0 Å². The van der Waals surface area contributed by atoms with Crippen LogP contribution < -0.4 is 10.6 Å². The minimum absolute atomic E-state index is 0.268. The van der Waals surface area contributed by atoms with Crippen molar-refractivity contribution >= 4 is 29.3 Å². The Labute approximate surface area is 209 Å². The van der Waals surface area contributed by atoms with Gasteiger partial charge in [-0.3, -0.25) is 14.5 Å². The normalized spacial score (nSPS) is 12.7. The maximum Gasteiger partial charge on any atom is 0.261 e. The summed E-state index contributed by atoms with van der Waals surface area (Å²) in [5.41, 5.74) is 1.50. The van der Waals surface area contributed by atoms with Crippen LogP contribution in [0.2, 0.25) is 0 Å². The number of carbonyl (C=O) groups excluding carboxylic acids is 2. The van der Waals surface area contributed by atoms with Crippen LogP contribution in [-0.2, 0) is 0 Å². The van der Waals surface area contributed by atoms with Gasteiger partial charge in [-0.15, -0.1) is 0 Å². The lowest BCUT2D eigenvalue weighted by atomic mass is 9.89. The van der Waals surface area contributed by atoms with E-state index in [1.807, 2.05) is 20.8 Å². The van der Waals surface area contributed by atoms with Crippen molar-refractivity contribution in [3.8, 4) is 11.8 Å². The van der Waals surface area contributed by atoms with Gasteiger partial charge in [-0.2, -0.15) is 9.37 Å². The van der Waals surface area contributed by atoms with Crippen molar-refractivity contribution in [2.24, 2.45) is 5.41 Å². The quantitative estimate of drug-likeness (QED) is 0.272. The van der Waals surface area contributed by atoms with Crippen molar-refractivity contribution < 1.29 is 14.0 Å². The molecule has 0 saturated heterocycles. The topological polar surface area (TPSA) is 100 Å². The lowest BCUT2D eigenvalue weighted by molar-refractivity contribution is 0.0643. The summed E-state index contributed by atoms with van der Waals surface area (Å²) in [5.74, 6) is 6.13. The summed E-state index contributed by atoms with van der Waals surface area (Å²) in [6, 6.07) is 9.74. The molecule has 36 heavy (non-hydrogen) atoms. The fourth-order valence-electron chi connectivity index (χ4n) is 3.65. The maximum atomic E-state index is 13.4. The number of halogens is 1. The molecule has 4 rings (SSSR count). The van der Waals surface area contributed by atoms with Crippen LogP contribution in [0.5, 0.6) is 0 Å². The predicted octanol–water partition coefficient (Wildman–Crippen LogP) is 4.64. The van der Waals surface area contributed by atoms with Crippen molar-refractivity contribution in [2.75, 3.05) is 23.7 Å². The Bertz CT molecular complexity index is 1330. The van der Waals surface area contributed by atoms with Gasteiger partial charge in [0.25, 0.3) is 11.8 Å². The Morgan fingerprint density at radius 2 is 1.81 bits per heavy atom. The number of pyridine rings is 1. The largest absolute Gasteiger partial charge is 0.369 e. The molecule has 0 saturated carbocycles. The highest BCUT2D eigenvalue weighted by atomic mass is 19.1. The smallest absolute Gasteiger partial charge is 0.261 e. The first-order chi connectivity index (χ1) is 17.3. The zero-order valence-electron chi connectivity index (χ0n) is 20.4. The van der Waals surface area contributed by atoms with E-state index in [0.717, 1.165) is 6.42 Å². The molecule has 1 aliphatic rings. The molecule has 0 bridgehead atoms. The van der Waals surface area contributed by atoms with E-state index in [1.165, 1.54) is 17.2 Å². The van der Waals surface area contributed by atoms with Crippen molar-refractivity contribution in [3.63, 3.8) is 0 Å². The second-order valence-electron chi connectivity index (χ2n) is 9.07. The third-order valence-corrected chi connectivity index (χ3v) is 5.69. The number of benzene rings is 1. The number of hydrogen-bond acceptors (Lipinski definition) is 7. The molecule has 1 aliphatic heterocycles. The van der Waals surface area contributed by atoms with Crippen LogP contribution >= 0.6 is 0 Å². The number of nitrogens with zero attached hydrogens (tertiary/aromatic N) is 4. The first-order valence-electron chi connectivity index (χ1n) is 11.8. The molecular weight excluding hydrogens is 459 g/mol. The number of carbonyl (C=O) groups is 2. The molecule has 184 valence electrons. The Morgan fingerprint density at radius 3 is 2.47 bits per heavy atom. The molecule has 0 fully saturated rings. The van der Waals surface area contributed by atoms with Crippen molar-refractivity contribution in [1.29, 1.82) is 0 Å². The molecule has 2 amide bonds. The third-order valence-electron chi connectivity index (χ3n) is 5.69. The Hall–Kier alpha value is -4.32. The average molecular weight is 487 g/mol. The second-order valence-corrected chi connectivity index (χ2v) is 9.07. The highest BCUT2D eigenvalue weighted by Gasteiger charge is 2.35. The van der Waals surface area contributed by atoms with Crippen LogP contribution in [0.1, 0.15) is 59.9 Å². The summed E-state index contributed by atoms with van der Waals surface area (Å²) < 4.78 is 13.4. The number of amides is 2. The summed E-state index contributed by atoms with van der Waals surface area (Å²) in [5, 5.41) is 6.23. The predicted molar refractivity (Wildman–Crippen MR) is 135 cm³/mol. The Kier molecular flexibility index (Phi) is 7.25. The molecule has 2 N–H and O–H groups in total. The first-order valence-corrected chi connectivity index (χ1v) is 11.8. The number of nitrogens with one attached hydrogen (secondary N) is 2. The van der Waals surface area contributed by atoms with Gasteiger partial charge in [-0.05, 0) is 44.9 Å². The fourth-order valence-corrected chi connectivity index (χ4v) is 3.65. The average Bonchev–Trinajstić information content (AvgIpc) is 3.10. The maximum absolute atomic E-state index is 13.4. The van der Waals surface area contributed by atoms with Gasteiger partial charge < -0.3 is 10.6 Å². The summed E-state index contributed by atoms with van der Waals surface area (Å²) in [6.07, 6.45) is 4.37. The lowest BCUT2D eigenvalue weighted by Crippen LogP contribution is -2.33. The minimum atomic E-state index is -0.602. The molecule has 0 atom stereocenters. The van der Waals surface area contributed by atoms with Crippen molar-refractivity contribution in [3.05, 3.63) is 71.4 Å². The van der Waals surface area contributed by atoms with E-state index in [9.17, 15) is 14.0 Å². The number of imide groups is 1. The number of rotatable bonds is 8. The van der Waals surface area contributed by atoms with Crippen LogP contribution in [0.3, 0.4) is 0 Å². The van der Waals surface area contributed by atoms with E-state index in [-0.39, 0.29) is 18.4 Å². The monoisotopic (exact) mass is 486 g/mol. The molecule has 3 aromatic rings. The first kappa shape index (κ1) is 24.8. The SMILES string of the molecule is CCCNc1nc(Nc2ccnc(F)c2)ncc1C#CC(C)(C)CCN1C(=O)c2ccccc2C1=O. The van der Waals surface area contributed by atoms with Gasteiger partial charge in [0.2, 0.25) is 11.9 Å². The van der Waals surface area contributed by atoms with Gasteiger partial charge in [0.05, 0.1) is 22.9 Å². The number of aromatic nitrogens is 3. The van der Waals surface area contributed by atoms with E-state index >= 15 is 0 Å². The van der Waals surface area contributed by atoms with Gasteiger partial charge in [-0.25, -0.2) is 9.97 Å². The summed E-state index contributed by atoms with van der Waals surface area (Å²) >= 11 is 0. The van der Waals surface area contributed by atoms with Crippen LogP contribution in [0.25, 0.3) is 0 Å². The lowest BCUT2D eigenvalue weighted by Gasteiger charge is -2.21. The zero-order valence-corrected chi connectivity index (χ0v) is 20.4. The second kappa shape index (κ2) is 10.5. The van der Waals surface area contributed by atoms with Gasteiger partial charge >= 0.3 is 0 Å². The highest BCUT2D eigenvalue weighted by molar-refractivity contribution is 6.21. The number of hydrogen-bond donors (Lipinski definition) is 2. The van der Waals surface area contributed by atoms with Crippen LogP contribution in [0.15, 0.2) is 48.8 Å². The number of fused-ring (bicyclic) bond motifs is 1. The molecule has 0 radical (unpaired) electrons. The summed E-state index contributed by atoms with van der Waals surface area (Å²) in [6.45, 7) is 6.94. The van der Waals surface area contributed by atoms with Crippen LogP contribution in [0.4, 0.5) is 21.8 Å². The zero-order chi connectivity index (χ0) is 25.7. The molecule has 0 aliphatic carbocycles. The standard InChI is InChI=1S/C27H27FN6O2/c1-4-13-30-23-18(17-31-26(33-23)32-19-10-14-29-22(28)16-19)9-11-27(2,3)12-15-34-24(35)20-7-5-6-8-21(20)25(34)36/h5-8,10,14,16-17H,4,12-13,15H2,1-3H3,(H2,29,30,31,32,33). The van der Waals surface area contributed by atoms with Crippen molar-refractivity contribution in [1.82, 2.24) is 19.9 Å². The molecular formula is C27H27FN6O2. The summed E-state index contributed by atoms with van der Waals surface area (Å²) in [7, 11) is 0. The Balaban J connectivity index is 1.48. The molecule has 0 spiro atoms. The molecule has 8 nitrogen and oxygen atoms in total. The highest BCUT2D eigenvalue weighted by Crippen LogP contribution is 2.26. The van der Waals surface area contributed by atoms with E-state index in [0.29, 0.717) is 47.1 Å². The van der Waals surface area contributed by atoms with Gasteiger partial charge in [-0.1, -0.05) is 30.9 Å². The molecule has 1 aromatic carbocycles. The number of anilines is 3. The van der Waals surface area contributed by atoms with Gasteiger partial charge in [0.15, 0.2) is 0 Å². The van der Waals surface area contributed by atoms with E-state index in [2.05, 4.69) is 37.4 Å². The van der Waals surface area contributed by atoms with E-state index in [1.54, 1.807) is 36.5 Å². The van der Waals surface area contributed by atoms with Crippen LogP contribution in [0, 0.1) is 23.2 Å².